The number of pyridine rings is 1. The van der Waals surface area contributed by atoms with Crippen LogP contribution in [0, 0.1) is 0 Å². The maximum atomic E-state index is 12.5. The summed E-state index contributed by atoms with van der Waals surface area (Å²) in [6.07, 6.45) is 4.59. The molecule has 2 heterocycles. The Bertz CT molecular complexity index is 742. The number of carbonyl (C=O) groups is 1. The van der Waals surface area contributed by atoms with Gasteiger partial charge in [0, 0.05) is 61.7 Å². The van der Waals surface area contributed by atoms with Gasteiger partial charge in [-0.05, 0) is 41.8 Å². The van der Waals surface area contributed by atoms with Crippen LogP contribution in [0.15, 0.2) is 42.7 Å². The molecule has 0 spiro atoms. The first-order valence-corrected chi connectivity index (χ1v) is 9.45. The Morgan fingerprint density at radius 3 is 2.65 bits per heavy atom. The van der Waals surface area contributed by atoms with Crippen LogP contribution >= 0.6 is 23.2 Å². The molecule has 1 fully saturated rings. The average molecular weight is 393 g/mol. The summed E-state index contributed by atoms with van der Waals surface area (Å²) in [6.45, 7) is 4.59. The van der Waals surface area contributed by atoms with Crippen molar-refractivity contribution in [2.45, 2.75) is 19.5 Å². The van der Waals surface area contributed by atoms with Crippen LogP contribution in [0.25, 0.3) is 0 Å². The third kappa shape index (κ3) is 5.34. The van der Waals surface area contributed by atoms with Crippen molar-refractivity contribution in [2.24, 2.45) is 0 Å². The number of nitrogens with zero attached hydrogens (tertiary/aromatic N) is 3. The Morgan fingerprint density at radius 1 is 1.08 bits per heavy atom. The molecule has 138 valence electrons. The van der Waals surface area contributed by atoms with Crippen LogP contribution in [0.3, 0.4) is 0 Å². The van der Waals surface area contributed by atoms with E-state index in [1.165, 1.54) is 5.56 Å². The van der Waals surface area contributed by atoms with Crippen molar-refractivity contribution in [1.29, 1.82) is 0 Å². The molecule has 1 aromatic heterocycles. The molecule has 0 aliphatic carbocycles. The van der Waals surface area contributed by atoms with Gasteiger partial charge in [0.2, 0.25) is 0 Å². The lowest BCUT2D eigenvalue weighted by Crippen LogP contribution is -2.41. The predicted octanol–water partition coefficient (Wildman–Crippen LogP) is 3.81. The summed E-state index contributed by atoms with van der Waals surface area (Å²) in [4.78, 5) is 20.8. The van der Waals surface area contributed by atoms with E-state index in [2.05, 4.69) is 15.2 Å². The van der Waals surface area contributed by atoms with Crippen LogP contribution < -0.4 is 5.32 Å². The summed E-state index contributed by atoms with van der Waals surface area (Å²) in [5, 5.41) is 4.11. The highest BCUT2D eigenvalue weighted by molar-refractivity contribution is 6.35. The van der Waals surface area contributed by atoms with E-state index in [1.54, 1.807) is 12.1 Å². The standard InChI is InChI=1S/C19H22Cl2N4O/c20-17-3-2-16(18(21)12-17)13-23-19(26)25-9-1-8-24(10-11-25)14-15-4-6-22-7-5-15/h2-7,12H,1,8-11,13-14H2,(H,23,26). The van der Waals surface area contributed by atoms with Crippen molar-refractivity contribution in [3.05, 3.63) is 63.9 Å². The van der Waals surface area contributed by atoms with Crippen molar-refractivity contribution >= 4 is 29.2 Å². The second-order valence-electron chi connectivity index (χ2n) is 6.37. The van der Waals surface area contributed by atoms with Gasteiger partial charge in [0.05, 0.1) is 0 Å². The highest BCUT2D eigenvalue weighted by Gasteiger charge is 2.19. The molecule has 0 radical (unpaired) electrons. The van der Waals surface area contributed by atoms with Crippen LogP contribution in [0.2, 0.25) is 10.0 Å². The van der Waals surface area contributed by atoms with Gasteiger partial charge in [0.1, 0.15) is 0 Å². The molecule has 1 N–H and O–H groups in total. The molecule has 1 aliphatic heterocycles. The van der Waals surface area contributed by atoms with Crippen molar-refractivity contribution in [3.8, 4) is 0 Å². The number of rotatable bonds is 4. The van der Waals surface area contributed by atoms with E-state index in [9.17, 15) is 4.79 Å². The lowest BCUT2D eigenvalue weighted by molar-refractivity contribution is 0.197. The summed E-state index contributed by atoms with van der Waals surface area (Å²) in [6, 6.07) is 9.31. The highest BCUT2D eigenvalue weighted by atomic mass is 35.5. The van der Waals surface area contributed by atoms with Gasteiger partial charge >= 0.3 is 6.03 Å². The molecule has 2 aromatic rings. The maximum Gasteiger partial charge on any atom is 0.317 e. The Kier molecular flexibility index (Phi) is 6.72. The summed E-state index contributed by atoms with van der Waals surface area (Å²) >= 11 is 12.1. The summed E-state index contributed by atoms with van der Waals surface area (Å²) in [5.74, 6) is 0. The molecule has 3 rings (SSSR count). The smallest absolute Gasteiger partial charge is 0.317 e. The van der Waals surface area contributed by atoms with Crippen molar-refractivity contribution in [1.82, 2.24) is 20.1 Å². The third-order valence-electron chi connectivity index (χ3n) is 4.48. The number of carbonyl (C=O) groups excluding carboxylic acids is 1. The summed E-state index contributed by atoms with van der Waals surface area (Å²) in [5.41, 5.74) is 2.11. The van der Waals surface area contributed by atoms with Crippen LogP contribution in [-0.2, 0) is 13.1 Å². The van der Waals surface area contributed by atoms with Gasteiger partial charge in [-0.1, -0.05) is 29.3 Å². The number of nitrogens with one attached hydrogen (secondary N) is 1. The zero-order valence-electron chi connectivity index (χ0n) is 14.5. The SMILES string of the molecule is O=C(NCc1ccc(Cl)cc1Cl)N1CCCN(Cc2ccncc2)CC1. The monoisotopic (exact) mass is 392 g/mol. The van der Waals surface area contributed by atoms with Crippen molar-refractivity contribution < 1.29 is 4.79 Å². The molecule has 1 saturated heterocycles. The highest BCUT2D eigenvalue weighted by Crippen LogP contribution is 2.20. The fourth-order valence-electron chi connectivity index (χ4n) is 3.03. The summed E-state index contributed by atoms with van der Waals surface area (Å²) < 4.78 is 0. The van der Waals surface area contributed by atoms with Crippen LogP contribution in [0.5, 0.6) is 0 Å². The molecule has 0 atom stereocenters. The first-order valence-electron chi connectivity index (χ1n) is 8.70. The minimum absolute atomic E-state index is 0.0539. The molecule has 0 bridgehead atoms. The van der Waals surface area contributed by atoms with Gasteiger partial charge in [-0.25, -0.2) is 4.79 Å². The zero-order valence-corrected chi connectivity index (χ0v) is 16.0. The number of amides is 2. The Morgan fingerprint density at radius 2 is 1.88 bits per heavy atom. The predicted molar refractivity (Wildman–Crippen MR) is 104 cm³/mol. The van der Waals surface area contributed by atoms with E-state index in [4.69, 9.17) is 23.2 Å². The first kappa shape index (κ1) is 19.0. The molecule has 2 amide bonds. The largest absolute Gasteiger partial charge is 0.334 e. The summed E-state index contributed by atoms with van der Waals surface area (Å²) in [7, 11) is 0. The van der Waals surface area contributed by atoms with Gasteiger partial charge in [-0.3, -0.25) is 9.88 Å². The molecule has 0 unspecified atom stereocenters. The molecule has 1 aromatic carbocycles. The van der Waals surface area contributed by atoms with Gasteiger partial charge in [-0.2, -0.15) is 0 Å². The second-order valence-corrected chi connectivity index (χ2v) is 7.21. The van der Waals surface area contributed by atoms with E-state index in [1.807, 2.05) is 35.5 Å². The molecule has 26 heavy (non-hydrogen) atoms. The lowest BCUT2D eigenvalue weighted by atomic mass is 10.2. The Labute approximate surface area is 163 Å². The van der Waals surface area contributed by atoms with Gasteiger partial charge < -0.3 is 10.2 Å². The maximum absolute atomic E-state index is 12.5. The number of urea groups is 1. The van der Waals surface area contributed by atoms with E-state index in [-0.39, 0.29) is 6.03 Å². The van der Waals surface area contributed by atoms with E-state index >= 15 is 0 Å². The zero-order chi connectivity index (χ0) is 18.4. The first-order chi connectivity index (χ1) is 12.6. The Balaban J connectivity index is 1.49. The minimum Gasteiger partial charge on any atom is -0.334 e. The van der Waals surface area contributed by atoms with Gasteiger partial charge in [-0.15, -0.1) is 0 Å². The van der Waals surface area contributed by atoms with E-state index in [0.29, 0.717) is 23.1 Å². The van der Waals surface area contributed by atoms with Crippen LogP contribution in [0.1, 0.15) is 17.5 Å². The molecular formula is C19H22Cl2N4O. The number of aromatic nitrogens is 1. The topological polar surface area (TPSA) is 48.5 Å². The number of benzene rings is 1. The van der Waals surface area contributed by atoms with E-state index < -0.39 is 0 Å². The second kappa shape index (κ2) is 9.21. The minimum atomic E-state index is -0.0539. The fourth-order valence-corrected chi connectivity index (χ4v) is 3.50. The Hall–Kier alpha value is -1.82. The molecular weight excluding hydrogens is 371 g/mol. The van der Waals surface area contributed by atoms with Crippen molar-refractivity contribution in [3.63, 3.8) is 0 Å². The molecule has 1 aliphatic rings. The third-order valence-corrected chi connectivity index (χ3v) is 5.06. The van der Waals surface area contributed by atoms with Gasteiger partial charge in [0.25, 0.3) is 0 Å². The average Bonchev–Trinajstić information content (AvgIpc) is 2.87. The van der Waals surface area contributed by atoms with Crippen LogP contribution in [0.4, 0.5) is 4.79 Å². The normalized spacial score (nSPS) is 15.5. The lowest BCUT2D eigenvalue weighted by Gasteiger charge is -2.22. The fraction of sp³-hybridized carbons (Fsp3) is 0.368. The van der Waals surface area contributed by atoms with Gasteiger partial charge in [0.15, 0.2) is 0 Å². The van der Waals surface area contributed by atoms with Crippen LogP contribution in [-0.4, -0.2) is 47.0 Å². The molecule has 0 saturated carbocycles. The number of hydrogen-bond donors (Lipinski definition) is 1. The quantitative estimate of drug-likeness (QED) is 0.860. The number of hydrogen-bond acceptors (Lipinski definition) is 3. The number of halogens is 2. The molecule has 7 heteroatoms. The van der Waals surface area contributed by atoms with Crippen molar-refractivity contribution in [2.75, 3.05) is 26.2 Å². The molecule has 5 nitrogen and oxygen atoms in total. The van der Waals surface area contributed by atoms with E-state index in [0.717, 1.165) is 38.2 Å².